The highest BCUT2D eigenvalue weighted by molar-refractivity contribution is 7.99. The van der Waals surface area contributed by atoms with E-state index in [1.54, 1.807) is 20.3 Å². The molecule has 1 aliphatic carbocycles. The molecule has 8 rings (SSSR count). The average molecular weight is 618 g/mol. The third-order valence-corrected chi connectivity index (χ3v) is 11.6. The first-order valence-corrected chi connectivity index (χ1v) is 16.2. The molecule has 0 unspecified atom stereocenters. The molecule has 5 aliphatic rings. The predicted molar refractivity (Wildman–Crippen MR) is 165 cm³/mol. The van der Waals surface area contributed by atoms with Gasteiger partial charge in [-0.05, 0) is 41.8 Å². The van der Waals surface area contributed by atoms with E-state index in [-0.39, 0.29) is 23.7 Å². The summed E-state index contributed by atoms with van der Waals surface area (Å²) in [7, 11) is 3.18. The molecule has 1 amide bonds. The fourth-order valence-corrected chi connectivity index (χ4v) is 10.2. The number of thioether (sulfide) groups is 1. The number of ketones is 1. The number of rotatable bonds is 4. The number of hydrogen-bond donors (Lipinski definition) is 0. The van der Waals surface area contributed by atoms with E-state index >= 15 is 9.59 Å². The number of Topliss-reactive ketones (excluding diaryl/α,β-unsaturated/α-hetero) is 1. The molecule has 43 heavy (non-hydrogen) atoms. The van der Waals surface area contributed by atoms with Crippen LogP contribution >= 0.6 is 23.4 Å². The van der Waals surface area contributed by atoms with Crippen LogP contribution in [-0.4, -0.2) is 79.8 Å². The summed E-state index contributed by atoms with van der Waals surface area (Å²) in [6, 6.07) is 19.5. The fourth-order valence-electron chi connectivity index (χ4n) is 8.62. The molecule has 4 atom stereocenters. The molecule has 222 valence electrons. The predicted octanol–water partition coefficient (Wildman–Crippen LogP) is 4.74. The van der Waals surface area contributed by atoms with Crippen LogP contribution in [0.15, 0.2) is 60.7 Å². The number of fused-ring (bicyclic) bond motifs is 6. The van der Waals surface area contributed by atoms with Crippen LogP contribution in [0.25, 0.3) is 0 Å². The molecule has 0 aromatic heterocycles. The Morgan fingerprint density at radius 3 is 2.47 bits per heavy atom. The van der Waals surface area contributed by atoms with Gasteiger partial charge in [0.05, 0.1) is 38.5 Å². The van der Waals surface area contributed by atoms with Crippen molar-refractivity contribution < 1.29 is 23.8 Å². The van der Waals surface area contributed by atoms with Crippen LogP contribution in [0.2, 0.25) is 5.02 Å². The number of halogens is 1. The molecule has 4 heterocycles. The van der Waals surface area contributed by atoms with Crippen LogP contribution in [0, 0.1) is 5.41 Å². The molecule has 0 bridgehead atoms. The molecule has 4 aliphatic heterocycles. The maximum Gasteiger partial charge on any atom is 0.267 e. The maximum atomic E-state index is 15.6. The molecular weight excluding hydrogens is 586 g/mol. The van der Waals surface area contributed by atoms with Crippen molar-refractivity contribution in [1.29, 1.82) is 0 Å². The second-order valence-corrected chi connectivity index (χ2v) is 13.2. The van der Waals surface area contributed by atoms with Crippen molar-refractivity contribution in [2.75, 3.05) is 57.2 Å². The van der Waals surface area contributed by atoms with Gasteiger partial charge in [-0.1, -0.05) is 48.0 Å². The lowest BCUT2D eigenvalue weighted by atomic mass is 9.58. The van der Waals surface area contributed by atoms with Crippen LogP contribution in [0.4, 0.5) is 5.69 Å². The minimum atomic E-state index is -1.24. The van der Waals surface area contributed by atoms with E-state index < -0.39 is 11.0 Å². The van der Waals surface area contributed by atoms with Gasteiger partial charge in [-0.3, -0.25) is 14.5 Å². The largest absolute Gasteiger partial charge is 0.493 e. The number of methoxy groups -OCH3 is 2. The van der Waals surface area contributed by atoms with Gasteiger partial charge in [0.2, 0.25) is 0 Å². The van der Waals surface area contributed by atoms with Gasteiger partial charge < -0.3 is 14.2 Å². The van der Waals surface area contributed by atoms with Crippen molar-refractivity contribution >= 4 is 40.7 Å². The SMILES string of the molecule is COc1cc2c(cc1OC)C(=O)[C@]1(C2)[C@@H](c2ccccc2Cl)[C@@H]2CSCN2[C@@]12C(=O)N(N1CCOCC1)c1ccccc12. The number of hydrazine groups is 1. The third kappa shape index (κ3) is 3.40. The highest BCUT2D eigenvalue weighted by Gasteiger charge is 2.80. The van der Waals surface area contributed by atoms with Crippen LogP contribution in [0.1, 0.15) is 33.0 Å². The Hall–Kier alpha value is -3.08. The smallest absolute Gasteiger partial charge is 0.267 e. The molecular formula is C33H32ClN3O5S. The number of hydrogen-bond acceptors (Lipinski definition) is 8. The van der Waals surface area contributed by atoms with E-state index in [0.29, 0.717) is 60.7 Å². The zero-order valence-corrected chi connectivity index (χ0v) is 25.6. The Labute approximate surface area is 259 Å². The van der Waals surface area contributed by atoms with Crippen molar-refractivity contribution in [1.82, 2.24) is 9.91 Å². The number of benzene rings is 3. The first kappa shape index (κ1) is 27.5. The van der Waals surface area contributed by atoms with Gasteiger partial charge in [0.25, 0.3) is 5.91 Å². The van der Waals surface area contributed by atoms with Crippen molar-refractivity contribution in [2.45, 2.75) is 23.9 Å². The monoisotopic (exact) mass is 617 g/mol. The van der Waals surface area contributed by atoms with Gasteiger partial charge in [0, 0.05) is 52.8 Å². The standard InChI is InChI=1S/C33H32ClN3O5S/c1-40-27-15-20-17-32(30(38)22(20)16-28(27)41-2)29(21-7-3-5-9-24(21)34)26-18-43-19-36(26)33(32)23-8-4-6-10-25(23)37(31(33)39)35-11-13-42-14-12-35/h3-10,15-16,26,29H,11-14,17-19H2,1-2H3/t26-,29-,32-,33-/m0/s1. The van der Waals surface area contributed by atoms with Gasteiger partial charge in [0.1, 0.15) is 5.54 Å². The maximum absolute atomic E-state index is 15.6. The van der Waals surface area contributed by atoms with E-state index in [9.17, 15) is 0 Å². The van der Waals surface area contributed by atoms with Crippen molar-refractivity contribution in [2.24, 2.45) is 5.41 Å². The van der Waals surface area contributed by atoms with Crippen molar-refractivity contribution in [3.63, 3.8) is 0 Å². The van der Waals surface area contributed by atoms with Gasteiger partial charge in [-0.2, -0.15) is 0 Å². The first-order valence-electron chi connectivity index (χ1n) is 14.6. The van der Waals surface area contributed by atoms with Gasteiger partial charge in [-0.15, -0.1) is 11.8 Å². The number of carbonyl (C=O) groups is 2. The summed E-state index contributed by atoms with van der Waals surface area (Å²) < 4.78 is 17.0. The Kier molecular flexibility index (Phi) is 6.37. The van der Waals surface area contributed by atoms with E-state index in [2.05, 4.69) is 16.0 Å². The zero-order valence-electron chi connectivity index (χ0n) is 24.0. The molecule has 3 fully saturated rings. The minimum absolute atomic E-state index is 0.0419. The number of ether oxygens (including phenoxy) is 3. The number of anilines is 1. The minimum Gasteiger partial charge on any atom is -0.493 e. The van der Waals surface area contributed by atoms with Crippen LogP contribution < -0.4 is 14.5 Å². The Morgan fingerprint density at radius 2 is 1.70 bits per heavy atom. The van der Waals surface area contributed by atoms with E-state index in [4.69, 9.17) is 25.8 Å². The number of morpholine rings is 1. The van der Waals surface area contributed by atoms with Gasteiger partial charge in [0.15, 0.2) is 17.3 Å². The summed E-state index contributed by atoms with van der Waals surface area (Å²) in [5, 5.41) is 4.56. The number of nitrogens with zero attached hydrogens (tertiary/aromatic N) is 3. The Morgan fingerprint density at radius 1 is 0.977 bits per heavy atom. The number of amides is 1. The number of carbonyl (C=O) groups excluding carboxylic acids is 2. The molecule has 0 radical (unpaired) electrons. The number of para-hydroxylation sites is 1. The Bertz CT molecular complexity index is 1660. The summed E-state index contributed by atoms with van der Waals surface area (Å²) in [6.07, 6.45) is 0.381. The van der Waals surface area contributed by atoms with Crippen LogP contribution in [0.5, 0.6) is 11.5 Å². The van der Waals surface area contributed by atoms with E-state index in [1.165, 1.54) is 0 Å². The van der Waals surface area contributed by atoms with Crippen molar-refractivity contribution in [3.8, 4) is 11.5 Å². The zero-order chi connectivity index (χ0) is 29.5. The molecule has 3 aromatic rings. The molecule has 8 nitrogen and oxygen atoms in total. The lowest BCUT2D eigenvalue weighted by molar-refractivity contribution is -0.137. The second kappa shape index (κ2) is 9.97. The summed E-state index contributed by atoms with van der Waals surface area (Å²) >= 11 is 8.81. The van der Waals surface area contributed by atoms with E-state index in [0.717, 1.165) is 28.1 Å². The summed E-state index contributed by atoms with van der Waals surface area (Å²) in [5.74, 6) is 2.06. The first-order chi connectivity index (χ1) is 21.0. The Balaban J connectivity index is 1.44. The van der Waals surface area contributed by atoms with Crippen LogP contribution in [-0.2, 0) is 21.5 Å². The fraction of sp³-hybridized carbons (Fsp3) is 0.394. The lowest BCUT2D eigenvalue weighted by Crippen LogP contribution is -2.63. The quantitative estimate of drug-likeness (QED) is 0.416. The van der Waals surface area contributed by atoms with Crippen LogP contribution in [0.3, 0.4) is 0 Å². The highest BCUT2D eigenvalue weighted by atomic mass is 35.5. The third-order valence-electron chi connectivity index (χ3n) is 10.2. The van der Waals surface area contributed by atoms with Crippen molar-refractivity contribution in [3.05, 3.63) is 87.9 Å². The summed E-state index contributed by atoms with van der Waals surface area (Å²) in [6.45, 7) is 2.27. The molecule has 10 heteroatoms. The summed E-state index contributed by atoms with van der Waals surface area (Å²) in [4.78, 5) is 33.3. The van der Waals surface area contributed by atoms with Gasteiger partial charge >= 0.3 is 0 Å². The molecule has 3 aromatic carbocycles. The summed E-state index contributed by atoms with van der Waals surface area (Å²) in [5.41, 5.74) is 1.68. The molecule has 0 N–H and O–H groups in total. The average Bonchev–Trinajstić information content (AvgIpc) is 3.75. The van der Waals surface area contributed by atoms with E-state index in [1.807, 2.05) is 65.3 Å². The molecule has 2 spiro atoms. The second-order valence-electron chi connectivity index (χ2n) is 11.8. The molecule has 3 saturated heterocycles. The normalized spacial score (nSPS) is 29.9. The highest BCUT2D eigenvalue weighted by Crippen LogP contribution is 2.72. The topological polar surface area (TPSA) is 71.6 Å². The van der Waals surface area contributed by atoms with Gasteiger partial charge in [-0.25, -0.2) is 10.0 Å². The molecule has 0 saturated carbocycles. The lowest BCUT2D eigenvalue weighted by Gasteiger charge is -2.45.